The quantitative estimate of drug-likeness (QED) is 0.847. The van der Waals surface area contributed by atoms with Crippen LogP contribution >= 0.6 is 0 Å². The van der Waals surface area contributed by atoms with E-state index in [4.69, 9.17) is 0 Å². The topological polar surface area (TPSA) is 75.3 Å². The van der Waals surface area contributed by atoms with E-state index in [2.05, 4.69) is 10.0 Å². The van der Waals surface area contributed by atoms with Crippen LogP contribution in [0.5, 0.6) is 0 Å². The predicted molar refractivity (Wildman–Crippen MR) is 103 cm³/mol. The molecule has 1 amide bonds. The second-order valence-corrected chi connectivity index (χ2v) is 8.70. The molecule has 0 bridgehead atoms. The first-order valence-electron chi connectivity index (χ1n) is 8.75. The highest BCUT2D eigenvalue weighted by molar-refractivity contribution is 7.89. The van der Waals surface area contributed by atoms with Crippen molar-refractivity contribution in [1.82, 2.24) is 4.72 Å². The lowest BCUT2D eigenvalue weighted by atomic mass is 10.1. The molecule has 2 aromatic rings. The molecule has 2 aromatic carbocycles. The summed E-state index contributed by atoms with van der Waals surface area (Å²) in [6, 6.07) is 9.17. The summed E-state index contributed by atoms with van der Waals surface area (Å²) in [4.78, 5) is 12.4. The molecular formula is C20H24N2O3S. The fraction of sp³-hybridized carbons (Fsp3) is 0.350. The summed E-state index contributed by atoms with van der Waals surface area (Å²) in [6.45, 7) is 5.54. The van der Waals surface area contributed by atoms with E-state index in [1.807, 2.05) is 39.0 Å². The third-order valence-electron chi connectivity index (χ3n) is 4.74. The molecule has 0 atom stereocenters. The van der Waals surface area contributed by atoms with Crippen LogP contribution in [0.15, 0.2) is 35.2 Å². The highest BCUT2D eigenvalue weighted by atomic mass is 32.2. The predicted octanol–water partition coefficient (Wildman–Crippen LogP) is 3.02. The molecule has 26 heavy (non-hydrogen) atoms. The third-order valence-corrected chi connectivity index (χ3v) is 6.14. The summed E-state index contributed by atoms with van der Waals surface area (Å²) in [5.41, 5.74) is 6.07. The molecule has 3 rings (SSSR count). The Morgan fingerprint density at radius 1 is 1.00 bits per heavy atom. The summed E-state index contributed by atoms with van der Waals surface area (Å²) in [7, 11) is -3.71. The molecule has 0 saturated heterocycles. The van der Waals surface area contributed by atoms with Crippen molar-refractivity contribution >= 4 is 21.6 Å². The molecule has 1 aliphatic carbocycles. The van der Waals surface area contributed by atoms with Gasteiger partial charge in [0.2, 0.25) is 15.9 Å². The molecule has 0 spiro atoms. The summed E-state index contributed by atoms with van der Waals surface area (Å²) >= 11 is 0. The van der Waals surface area contributed by atoms with Gasteiger partial charge in [0, 0.05) is 5.69 Å². The van der Waals surface area contributed by atoms with Gasteiger partial charge >= 0.3 is 0 Å². The van der Waals surface area contributed by atoms with Crippen molar-refractivity contribution in [3.63, 3.8) is 0 Å². The summed E-state index contributed by atoms with van der Waals surface area (Å²) < 4.78 is 27.3. The first-order chi connectivity index (χ1) is 12.3. The number of aryl methyl sites for hydroxylation is 5. The zero-order chi connectivity index (χ0) is 18.9. The van der Waals surface area contributed by atoms with E-state index >= 15 is 0 Å². The number of rotatable bonds is 5. The minimum atomic E-state index is -3.71. The fourth-order valence-electron chi connectivity index (χ4n) is 3.52. The summed E-state index contributed by atoms with van der Waals surface area (Å²) in [5, 5.41) is 2.81. The van der Waals surface area contributed by atoms with E-state index in [0.29, 0.717) is 0 Å². The molecule has 0 radical (unpaired) electrons. The lowest BCUT2D eigenvalue weighted by molar-refractivity contribution is -0.115. The molecule has 5 nitrogen and oxygen atoms in total. The average Bonchev–Trinajstić information content (AvgIpc) is 3.04. The lowest BCUT2D eigenvalue weighted by Crippen LogP contribution is -2.33. The lowest BCUT2D eigenvalue weighted by Gasteiger charge is -2.13. The van der Waals surface area contributed by atoms with Crippen molar-refractivity contribution in [1.29, 1.82) is 0 Å². The first kappa shape index (κ1) is 18.6. The minimum absolute atomic E-state index is 0.216. The number of nitrogens with one attached hydrogen (secondary N) is 2. The van der Waals surface area contributed by atoms with Crippen LogP contribution in [-0.4, -0.2) is 20.9 Å². The maximum absolute atomic E-state index is 12.5. The van der Waals surface area contributed by atoms with Crippen LogP contribution < -0.4 is 10.0 Å². The van der Waals surface area contributed by atoms with Crippen molar-refractivity contribution in [3.05, 3.63) is 58.1 Å². The van der Waals surface area contributed by atoms with Crippen molar-refractivity contribution in [2.75, 3.05) is 11.9 Å². The van der Waals surface area contributed by atoms with Gasteiger partial charge < -0.3 is 5.32 Å². The molecular weight excluding hydrogens is 348 g/mol. The van der Waals surface area contributed by atoms with E-state index in [9.17, 15) is 13.2 Å². The maximum atomic E-state index is 12.5. The van der Waals surface area contributed by atoms with Gasteiger partial charge in [0.1, 0.15) is 0 Å². The van der Waals surface area contributed by atoms with Crippen LogP contribution in [0, 0.1) is 20.8 Å². The molecule has 0 fully saturated rings. The number of carbonyl (C=O) groups excluding carboxylic acids is 1. The first-order valence-corrected chi connectivity index (χ1v) is 10.2. The van der Waals surface area contributed by atoms with Crippen LogP contribution in [-0.2, 0) is 27.7 Å². The molecule has 2 N–H and O–H groups in total. The van der Waals surface area contributed by atoms with Crippen LogP contribution in [0.25, 0.3) is 0 Å². The Bertz CT molecular complexity index is 942. The normalized spacial score (nSPS) is 13.5. The van der Waals surface area contributed by atoms with E-state index in [1.165, 1.54) is 5.56 Å². The fourth-order valence-corrected chi connectivity index (χ4v) is 4.55. The van der Waals surface area contributed by atoms with Crippen LogP contribution in [0.4, 0.5) is 5.69 Å². The van der Waals surface area contributed by atoms with E-state index in [-0.39, 0.29) is 17.3 Å². The molecule has 0 aromatic heterocycles. The standard InChI is InChI=1S/C20H24N2O3S/c1-13-9-14(2)20(15(3)10-13)22-19(23)12-21-26(24,25)18-8-7-16-5-4-6-17(16)11-18/h7-11,21H,4-6,12H2,1-3H3,(H,22,23). The number of fused-ring (bicyclic) bond motifs is 1. The van der Waals surface area contributed by atoms with Gasteiger partial charge in [0.15, 0.2) is 0 Å². The summed E-state index contributed by atoms with van der Waals surface area (Å²) in [6.07, 6.45) is 2.97. The average molecular weight is 372 g/mol. The molecule has 0 aliphatic heterocycles. The molecule has 0 unspecified atom stereocenters. The molecule has 6 heteroatoms. The highest BCUT2D eigenvalue weighted by Gasteiger charge is 2.19. The zero-order valence-corrected chi connectivity index (χ0v) is 16.2. The van der Waals surface area contributed by atoms with E-state index in [0.717, 1.165) is 47.2 Å². The van der Waals surface area contributed by atoms with Gasteiger partial charge in [-0.1, -0.05) is 23.8 Å². The number of sulfonamides is 1. The number of amides is 1. The van der Waals surface area contributed by atoms with Crippen LogP contribution in [0.3, 0.4) is 0 Å². The highest BCUT2D eigenvalue weighted by Crippen LogP contribution is 2.25. The van der Waals surface area contributed by atoms with Gasteiger partial charge in [0.25, 0.3) is 0 Å². The molecule has 0 saturated carbocycles. The van der Waals surface area contributed by atoms with Crippen LogP contribution in [0.2, 0.25) is 0 Å². The number of benzene rings is 2. The van der Waals surface area contributed by atoms with E-state index < -0.39 is 10.0 Å². The Hall–Kier alpha value is -2.18. The molecule has 0 heterocycles. The number of carbonyl (C=O) groups is 1. The second kappa shape index (κ2) is 7.21. The van der Waals surface area contributed by atoms with Gasteiger partial charge in [-0.25, -0.2) is 13.1 Å². The second-order valence-electron chi connectivity index (χ2n) is 6.93. The monoisotopic (exact) mass is 372 g/mol. The van der Waals surface area contributed by atoms with Gasteiger partial charge in [-0.2, -0.15) is 0 Å². The number of hydrogen-bond acceptors (Lipinski definition) is 3. The number of anilines is 1. The zero-order valence-electron chi connectivity index (χ0n) is 15.3. The van der Waals surface area contributed by atoms with Crippen molar-refractivity contribution in [2.24, 2.45) is 0 Å². The Labute approximate surface area is 154 Å². The van der Waals surface area contributed by atoms with Gasteiger partial charge in [0.05, 0.1) is 11.4 Å². The Morgan fingerprint density at radius 2 is 1.65 bits per heavy atom. The van der Waals surface area contributed by atoms with Crippen molar-refractivity contribution < 1.29 is 13.2 Å². The SMILES string of the molecule is Cc1cc(C)c(NC(=O)CNS(=O)(=O)c2ccc3c(c2)CCC3)c(C)c1. The van der Waals surface area contributed by atoms with Crippen LogP contribution in [0.1, 0.15) is 34.2 Å². The smallest absolute Gasteiger partial charge is 0.241 e. The Kier molecular flexibility index (Phi) is 5.16. The van der Waals surface area contributed by atoms with Gasteiger partial charge in [-0.3, -0.25) is 4.79 Å². The van der Waals surface area contributed by atoms with Gasteiger partial charge in [-0.15, -0.1) is 0 Å². The van der Waals surface area contributed by atoms with Crippen molar-refractivity contribution in [2.45, 2.75) is 44.9 Å². The Balaban J connectivity index is 1.67. The van der Waals surface area contributed by atoms with Gasteiger partial charge in [-0.05, 0) is 74.4 Å². The third kappa shape index (κ3) is 3.97. The van der Waals surface area contributed by atoms with E-state index in [1.54, 1.807) is 12.1 Å². The Morgan fingerprint density at radius 3 is 2.35 bits per heavy atom. The van der Waals surface area contributed by atoms with Crippen molar-refractivity contribution in [3.8, 4) is 0 Å². The number of hydrogen-bond donors (Lipinski definition) is 2. The molecule has 1 aliphatic rings. The summed E-state index contributed by atoms with van der Waals surface area (Å²) in [5.74, 6) is -0.384. The maximum Gasteiger partial charge on any atom is 0.241 e. The molecule has 138 valence electrons. The minimum Gasteiger partial charge on any atom is -0.324 e. The largest absolute Gasteiger partial charge is 0.324 e.